The molecule has 3 aromatic rings. The maximum atomic E-state index is 13.5. The zero-order chi connectivity index (χ0) is 24.6. The van der Waals surface area contributed by atoms with Gasteiger partial charge in [-0.2, -0.15) is 0 Å². The minimum Gasteiger partial charge on any atom is -0.484 e. The summed E-state index contributed by atoms with van der Waals surface area (Å²) in [6.07, 6.45) is 0. The third-order valence-electron chi connectivity index (χ3n) is 5.10. The fourth-order valence-electron chi connectivity index (χ4n) is 3.37. The molecule has 1 amide bonds. The van der Waals surface area contributed by atoms with E-state index in [1.54, 1.807) is 55.6 Å². The topological polar surface area (TPSA) is 84.9 Å². The van der Waals surface area contributed by atoms with Crippen LogP contribution in [0.5, 0.6) is 5.75 Å². The van der Waals surface area contributed by atoms with Crippen molar-refractivity contribution in [1.82, 2.24) is 5.32 Å². The van der Waals surface area contributed by atoms with Crippen LogP contribution in [0.4, 0.5) is 5.69 Å². The molecule has 0 unspecified atom stereocenters. The Morgan fingerprint density at radius 1 is 0.971 bits per heavy atom. The van der Waals surface area contributed by atoms with Crippen LogP contribution in [0.25, 0.3) is 0 Å². The number of sulfonamides is 1. The summed E-state index contributed by atoms with van der Waals surface area (Å²) in [5.74, 6) is 0.201. The number of benzene rings is 3. The number of aryl methyl sites for hydroxylation is 1. The lowest BCUT2D eigenvalue weighted by molar-refractivity contribution is -0.124. The number of hydrogen-bond donors (Lipinski definition) is 1. The van der Waals surface area contributed by atoms with E-state index in [2.05, 4.69) is 5.32 Å². The molecule has 34 heavy (non-hydrogen) atoms. The summed E-state index contributed by atoms with van der Waals surface area (Å²) in [5, 5.41) is 2.77. The van der Waals surface area contributed by atoms with Crippen molar-refractivity contribution in [3.05, 3.63) is 90.0 Å². The Bertz CT molecular complexity index is 1160. The number of rotatable bonds is 11. The van der Waals surface area contributed by atoms with Crippen molar-refractivity contribution in [2.24, 2.45) is 0 Å². The summed E-state index contributed by atoms with van der Waals surface area (Å²) in [4.78, 5) is 12.2. The Labute approximate surface area is 201 Å². The summed E-state index contributed by atoms with van der Waals surface area (Å²) in [6, 6.07) is 22.7. The van der Waals surface area contributed by atoms with Gasteiger partial charge >= 0.3 is 0 Å². The highest BCUT2D eigenvalue weighted by atomic mass is 32.2. The zero-order valence-corrected chi connectivity index (χ0v) is 20.4. The molecule has 8 heteroatoms. The van der Waals surface area contributed by atoms with Gasteiger partial charge in [0.05, 0.1) is 23.7 Å². The van der Waals surface area contributed by atoms with Crippen LogP contribution in [0.15, 0.2) is 83.8 Å². The molecule has 0 saturated heterocycles. The number of nitrogens with zero attached hydrogens (tertiary/aromatic N) is 1. The first-order chi connectivity index (χ1) is 16.3. The fraction of sp³-hybridized carbons (Fsp3) is 0.269. The highest BCUT2D eigenvalue weighted by molar-refractivity contribution is 7.92. The molecule has 0 fully saturated rings. The van der Waals surface area contributed by atoms with Crippen molar-refractivity contribution in [1.29, 1.82) is 0 Å². The third-order valence-corrected chi connectivity index (χ3v) is 6.88. The van der Waals surface area contributed by atoms with Gasteiger partial charge in [0, 0.05) is 13.2 Å². The highest BCUT2D eigenvalue weighted by Crippen LogP contribution is 2.28. The van der Waals surface area contributed by atoms with Crippen molar-refractivity contribution in [2.75, 3.05) is 24.6 Å². The second kappa shape index (κ2) is 11.7. The minimum absolute atomic E-state index is 0.123. The normalized spacial score (nSPS) is 12.1. The number of ether oxygens (including phenoxy) is 2. The van der Waals surface area contributed by atoms with Crippen LogP contribution in [0, 0.1) is 6.92 Å². The lowest BCUT2D eigenvalue weighted by Gasteiger charge is -2.25. The van der Waals surface area contributed by atoms with Gasteiger partial charge in [0.2, 0.25) is 0 Å². The largest absolute Gasteiger partial charge is 0.484 e. The molecule has 0 radical (unpaired) electrons. The molecule has 1 atom stereocenters. The first-order valence-electron chi connectivity index (χ1n) is 10.9. The third kappa shape index (κ3) is 6.82. The van der Waals surface area contributed by atoms with E-state index in [9.17, 15) is 13.2 Å². The van der Waals surface area contributed by atoms with Gasteiger partial charge < -0.3 is 14.8 Å². The van der Waals surface area contributed by atoms with Gasteiger partial charge in [-0.05, 0) is 55.8 Å². The average molecular weight is 483 g/mol. The van der Waals surface area contributed by atoms with Gasteiger partial charge in [-0.15, -0.1) is 0 Å². The van der Waals surface area contributed by atoms with E-state index < -0.39 is 10.0 Å². The molecule has 1 N–H and O–H groups in total. The molecular formula is C26H30N2O5S. The van der Waals surface area contributed by atoms with Gasteiger partial charge in [0.15, 0.2) is 6.61 Å². The maximum Gasteiger partial charge on any atom is 0.264 e. The van der Waals surface area contributed by atoms with Crippen LogP contribution in [0.3, 0.4) is 0 Å². The molecule has 0 bridgehead atoms. The van der Waals surface area contributed by atoms with Gasteiger partial charge in [-0.3, -0.25) is 9.10 Å². The quantitative estimate of drug-likeness (QED) is 0.448. The fourth-order valence-corrected chi connectivity index (χ4v) is 4.82. The standard InChI is InChI=1S/C26H30N2O5S/c1-20-9-15-25(16-10-20)34(30,31)28(17-22-7-5-4-6-8-22)23-11-13-24(14-12-23)33-19-26(29)27-21(2)18-32-3/h4-16,21H,17-19H2,1-3H3,(H,27,29)/t21-/m0/s1. The van der Waals surface area contributed by atoms with E-state index in [0.29, 0.717) is 18.0 Å². The molecular weight excluding hydrogens is 452 g/mol. The monoisotopic (exact) mass is 482 g/mol. The Hall–Kier alpha value is -3.36. The van der Waals surface area contributed by atoms with Crippen molar-refractivity contribution in [3.63, 3.8) is 0 Å². The van der Waals surface area contributed by atoms with Crippen LogP contribution in [-0.2, 0) is 26.1 Å². The lowest BCUT2D eigenvalue weighted by atomic mass is 10.2. The summed E-state index contributed by atoms with van der Waals surface area (Å²) < 4.78 is 39.0. The number of hydrogen-bond acceptors (Lipinski definition) is 5. The minimum atomic E-state index is -3.81. The van der Waals surface area contributed by atoms with E-state index in [-0.39, 0.29) is 30.0 Å². The lowest BCUT2D eigenvalue weighted by Crippen LogP contribution is -2.38. The van der Waals surface area contributed by atoms with E-state index in [1.807, 2.05) is 44.2 Å². The number of carbonyl (C=O) groups is 1. The van der Waals surface area contributed by atoms with E-state index in [4.69, 9.17) is 9.47 Å². The van der Waals surface area contributed by atoms with Crippen LogP contribution >= 0.6 is 0 Å². The molecule has 0 aliphatic rings. The van der Waals surface area contributed by atoms with Gasteiger partial charge in [0.25, 0.3) is 15.9 Å². The van der Waals surface area contributed by atoms with Crippen LogP contribution in [-0.4, -0.2) is 40.7 Å². The summed E-state index contributed by atoms with van der Waals surface area (Å²) in [6.45, 7) is 4.19. The van der Waals surface area contributed by atoms with E-state index >= 15 is 0 Å². The molecule has 180 valence electrons. The maximum absolute atomic E-state index is 13.5. The molecule has 0 spiro atoms. The van der Waals surface area contributed by atoms with Crippen molar-refractivity contribution in [2.45, 2.75) is 31.3 Å². The molecule has 0 aliphatic heterocycles. The first kappa shape index (κ1) is 25.3. The summed E-state index contributed by atoms with van der Waals surface area (Å²) in [5.41, 5.74) is 2.34. The Kier molecular flexibility index (Phi) is 8.67. The number of methoxy groups -OCH3 is 1. The molecule has 3 aromatic carbocycles. The predicted molar refractivity (Wildman–Crippen MR) is 132 cm³/mol. The smallest absolute Gasteiger partial charge is 0.264 e. The molecule has 0 heterocycles. The number of anilines is 1. The number of amides is 1. The van der Waals surface area contributed by atoms with E-state index in [0.717, 1.165) is 11.1 Å². The molecule has 7 nitrogen and oxygen atoms in total. The Morgan fingerprint density at radius 2 is 1.62 bits per heavy atom. The van der Waals surface area contributed by atoms with Crippen LogP contribution in [0.1, 0.15) is 18.1 Å². The first-order valence-corrected chi connectivity index (χ1v) is 12.4. The van der Waals surface area contributed by atoms with Crippen molar-refractivity contribution < 1.29 is 22.7 Å². The summed E-state index contributed by atoms with van der Waals surface area (Å²) in [7, 11) is -2.24. The van der Waals surface area contributed by atoms with Crippen molar-refractivity contribution >= 4 is 21.6 Å². The predicted octanol–water partition coefficient (Wildman–Crippen LogP) is 3.92. The molecule has 0 aliphatic carbocycles. The molecule has 0 aromatic heterocycles. The number of nitrogens with one attached hydrogen (secondary N) is 1. The SMILES string of the molecule is COC[C@H](C)NC(=O)COc1ccc(N(Cc2ccccc2)S(=O)(=O)c2ccc(C)cc2)cc1. The highest BCUT2D eigenvalue weighted by Gasteiger charge is 2.25. The van der Waals surface area contributed by atoms with Crippen LogP contribution in [0.2, 0.25) is 0 Å². The molecule has 3 rings (SSSR count). The second-order valence-electron chi connectivity index (χ2n) is 8.02. The number of carbonyl (C=O) groups excluding carboxylic acids is 1. The van der Waals surface area contributed by atoms with Gasteiger partial charge in [-0.25, -0.2) is 8.42 Å². The zero-order valence-electron chi connectivity index (χ0n) is 19.6. The summed E-state index contributed by atoms with van der Waals surface area (Å²) >= 11 is 0. The van der Waals surface area contributed by atoms with Crippen LogP contribution < -0.4 is 14.4 Å². The second-order valence-corrected chi connectivity index (χ2v) is 9.88. The van der Waals surface area contributed by atoms with Gasteiger partial charge in [-0.1, -0.05) is 48.0 Å². The van der Waals surface area contributed by atoms with Gasteiger partial charge in [0.1, 0.15) is 5.75 Å². The Balaban J connectivity index is 1.79. The van der Waals surface area contributed by atoms with E-state index in [1.165, 1.54) is 4.31 Å². The van der Waals surface area contributed by atoms with Crippen molar-refractivity contribution in [3.8, 4) is 5.75 Å². The molecule has 0 saturated carbocycles. The Morgan fingerprint density at radius 3 is 2.24 bits per heavy atom. The average Bonchev–Trinajstić information content (AvgIpc) is 2.82.